The second kappa shape index (κ2) is 8.86. The maximum Gasteiger partial charge on any atom is 0.261 e. The predicted octanol–water partition coefficient (Wildman–Crippen LogP) is 1.97. The Kier molecular flexibility index (Phi) is 6.82. The second-order valence-electron chi connectivity index (χ2n) is 5.94. The number of aromatic nitrogens is 3. The molecule has 2 aromatic rings. The highest BCUT2D eigenvalue weighted by Crippen LogP contribution is 2.31. The summed E-state index contributed by atoms with van der Waals surface area (Å²) < 4.78 is 12.2. The lowest BCUT2D eigenvalue weighted by Gasteiger charge is -2.19. The minimum absolute atomic E-state index is 0. The topological polar surface area (TPSA) is 90.3 Å². The molecule has 0 saturated carbocycles. The van der Waals surface area contributed by atoms with Crippen LogP contribution < -0.4 is 20.1 Å². The average molecular weight is 382 g/mol. The molecule has 0 spiro atoms. The van der Waals surface area contributed by atoms with E-state index in [1.54, 1.807) is 29.9 Å². The minimum Gasteiger partial charge on any atom is -0.493 e. The van der Waals surface area contributed by atoms with E-state index in [0.717, 1.165) is 31.8 Å². The molecule has 0 unspecified atom stereocenters. The number of carbonyl (C=O) groups excluding carboxylic acids is 1. The van der Waals surface area contributed by atoms with Gasteiger partial charge in [-0.1, -0.05) is 6.07 Å². The molecule has 0 radical (unpaired) electrons. The Morgan fingerprint density at radius 2 is 2.00 bits per heavy atom. The number of hydrogen-bond donors (Lipinski definition) is 2. The molecule has 0 atom stereocenters. The van der Waals surface area contributed by atoms with Gasteiger partial charge >= 0.3 is 0 Å². The summed E-state index contributed by atoms with van der Waals surface area (Å²) in [6, 6.07) is 5.17. The highest BCUT2D eigenvalue weighted by atomic mass is 35.5. The van der Waals surface area contributed by atoms with Crippen LogP contribution in [-0.4, -0.2) is 48.0 Å². The Morgan fingerprint density at radius 3 is 2.65 bits per heavy atom. The van der Waals surface area contributed by atoms with Crippen molar-refractivity contribution in [1.82, 2.24) is 20.1 Å². The summed E-state index contributed by atoms with van der Waals surface area (Å²) in [5.74, 6) is 2.10. The van der Waals surface area contributed by atoms with Crippen LogP contribution in [0.3, 0.4) is 0 Å². The summed E-state index contributed by atoms with van der Waals surface area (Å²) >= 11 is 0. The first-order valence-corrected chi connectivity index (χ1v) is 8.28. The van der Waals surface area contributed by atoms with Gasteiger partial charge in [-0.25, -0.2) is 4.68 Å². The number of carbonyl (C=O) groups is 1. The van der Waals surface area contributed by atoms with Gasteiger partial charge in [-0.2, -0.15) is 10.1 Å². The number of anilines is 1. The Morgan fingerprint density at radius 1 is 1.27 bits per heavy atom. The van der Waals surface area contributed by atoms with Gasteiger partial charge in [0.25, 0.3) is 5.91 Å². The van der Waals surface area contributed by atoms with Crippen LogP contribution in [0.2, 0.25) is 0 Å². The van der Waals surface area contributed by atoms with Crippen molar-refractivity contribution in [2.45, 2.75) is 18.8 Å². The third-order valence-electron chi connectivity index (χ3n) is 4.36. The second-order valence-corrected chi connectivity index (χ2v) is 5.94. The molecule has 1 aliphatic rings. The van der Waals surface area contributed by atoms with Gasteiger partial charge in [0.05, 0.1) is 19.8 Å². The number of aryl methyl sites for hydroxylation is 1. The fourth-order valence-corrected chi connectivity index (χ4v) is 3.00. The van der Waals surface area contributed by atoms with Gasteiger partial charge in [0.1, 0.15) is 0 Å². The Balaban J connectivity index is 0.00000243. The number of nitrogens with zero attached hydrogens (tertiary/aromatic N) is 3. The van der Waals surface area contributed by atoms with Crippen LogP contribution in [0.25, 0.3) is 0 Å². The van der Waals surface area contributed by atoms with Crippen LogP contribution in [0.4, 0.5) is 5.95 Å². The first kappa shape index (κ1) is 20.0. The zero-order valence-corrected chi connectivity index (χ0v) is 15.9. The van der Waals surface area contributed by atoms with Crippen LogP contribution >= 0.6 is 12.4 Å². The molecule has 0 bridgehead atoms. The van der Waals surface area contributed by atoms with Gasteiger partial charge in [-0.3, -0.25) is 10.1 Å². The molecule has 9 heteroatoms. The number of rotatable bonds is 5. The third-order valence-corrected chi connectivity index (χ3v) is 4.36. The summed E-state index contributed by atoms with van der Waals surface area (Å²) in [6.07, 6.45) is 2.00. The normalized spacial score (nSPS) is 14.4. The van der Waals surface area contributed by atoms with E-state index in [2.05, 4.69) is 20.7 Å². The minimum atomic E-state index is -0.317. The summed E-state index contributed by atoms with van der Waals surface area (Å²) in [7, 11) is 4.82. The van der Waals surface area contributed by atoms with Crippen LogP contribution in [0.5, 0.6) is 11.5 Å². The van der Waals surface area contributed by atoms with E-state index >= 15 is 0 Å². The quantitative estimate of drug-likeness (QED) is 0.823. The number of hydrogen-bond acceptors (Lipinski definition) is 6. The zero-order chi connectivity index (χ0) is 17.8. The summed E-state index contributed by atoms with van der Waals surface area (Å²) in [5.41, 5.74) is 0.383. The smallest absolute Gasteiger partial charge is 0.261 e. The fourth-order valence-electron chi connectivity index (χ4n) is 3.00. The highest BCUT2D eigenvalue weighted by molar-refractivity contribution is 6.06. The lowest BCUT2D eigenvalue weighted by Crippen LogP contribution is -2.27. The van der Waals surface area contributed by atoms with Crippen molar-refractivity contribution in [2.75, 3.05) is 32.6 Å². The number of amides is 1. The lowest BCUT2D eigenvalue weighted by molar-refractivity contribution is 0.102. The zero-order valence-electron chi connectivity index (χ0n) is 15.1. The fraction of sp³-hybridized carbons (Fsp3) is 0.471. The monoisotopic (exact) mass is 381 g/mol. The Labute approximate surface area is 158 Å². The van der Waals surface area contributed by atoms with E-state index in [1.807, 2.05) is 0 Å². The van der Waals surface area contributed by atoms with E-state index < -0.39 is 0 Å². The number of ether oxygens (including phenoxy) is 2. The molecule has 1 saturated heterocycles. The maximum atomic E-state index is 12.7. The predicted molar refractivity (Wildman–Crippen MR) is 101 cm³/mol. The van der Waals surface area contributed by atoms with Gasteiger partial charge in [0, 0.05) is 13.0 Å². The third kappa shape index (κ3) is 4.08. The molecule has 1 amide bonds. The molecule has 3 rings (SSSR count). The average Bonchev–Trinajstić information content (AvgIpc) is 3.02. The first-order valence-electron chi connectivity index (χ1n) is 8.28. The summed E-state index contributed by atoms with van der Waals surface area (Å²) in [4.78, 5) is 17.2. The molecule has 2 N–H and O–H groups in total. The van der Waals surface area contributed by atoms with Crippen LogP contribution in [0.1, 0.15) is 34.9 Å². The molecule has 0 aliphatic carbocycles. The van der Waals surface area contributed by atoms with Gasteiger partial charge in [0.15, 0.2) is 17.3 Å². The maximum absolute atomic E-state index is 12.7. The molecular weight excluding hydrogens is 358 g/mol. The first-order chi connectivity index (χ1) is 12.1. The van der Waals surface area contributed by atoms with Crippen molar-refractivity contribution in [2.24, 2.45) is 7.05 Å². The number of methoxy groups -OCH3 is 2. The number of nitrogens with one attached hydrogen (secondary N) is 2. The SMILES string of the molecule is COc1cccc(C(=O)Nc2nc(C3CCNCC3)nn2C)c1OC.Cl. The van der Waals surface area contributed by atoms with Crippen molar-refractivity contribution in [3.63, 3.8) is 0 Å². The number of benzene rings is 1. The Hall–Kier alpha value is -2.32. The standard InChI is InChI=1S/C17H23N5O3.ClH/c1-22-17(19-15(21-22)11-7-9-18-10-8-11)20-16(23)12-5-4-6-13(24-2)14(12)25-3;/h4-6,11,18H,7-10H2,1-3H3,(H,19,20,21,23);1H. The number of halogens is 1. The van der Waals surface area contributed by atoms with Gasteiger partial charge in [-0.15, -0.1) is 12.4 Å². The van der Waals surface area contributed by atoms with Crippen molar-refractivity contribution in [1.29, 1.82) is 0 Å². The molecule has 1 aromatic carbocycles. The van der Waals surface area contributed by atoms with Crippen LogP contribution in [0, 0.1) is 0 Å². The van der Waals surface area contributed by atoms with E-state index in [-0.39, 0.29) is 18.3 Å². The van der Waals surface area contributed by atoms with Crippen molar-refractivity contribution < 1.29 is 14.3 Å². The Bertz CT molecular complexity index is 759. The van der Waals surface area contributed by atoms with E-state index in [1.165, 1.54) is 14.2 Å². The highest BCUT2D eigenvalue weighted by Gasteiger charge is 2.23. The van der Waals surface area contributed by atoms with Crippen molar-refractivity contribution >= 4 is 24.3 Å². The lowest BCUT2D eigenvalue weighted by atomic mass is 9.98. The molecule has 8 nitrogen and oxygen atoms in total. The van der Waals surface area contributed by atoms with E-state index in [0.29, 0.717) is 28.9 Å². The van der Waals surface area contributed by atoms with E-state index in [4.69, 9.17) is 9.47 Å². The largest absolute Gasteiger partial charge is 0.493 e. The molecule has 142 valence electrons. The molecule has 1 fully saturated rings. The molecule has 26 heavy (non-hydrogen) atoms. The molecule has 1 aromatic heterocycles. The van der Waals surface area contributed by atoms with Gasteiger partial charge in [0.2, 0.25) is 5.95 Å². The summed E-state index contributed by atoms with van der Waals surface area (Å²) in [6.45, 7) is 1.93. The molecule has 2 heterocycles. The van der Waals surface area contributed by atoms with Crippen LogP contribution in [0.15, 0.2) is 18.2 Å². The van der Waals surface area contributed by atoms with E-state index in [9.17, 15) is 4.79 Å². The summed E-state index contributed by atoms with van der Waals surface area (Å²) in [5, 5.41) is 10.6. The number of para-hydroxylation sites is 1. The van der Waals surface area contributed by atoms with Crippen molar-refractivity contribution in [3.8, 4) is 11.5 Å². The van der Waals surface area contributed by atoms with Gasteiger partial charge < -0.3 is 14.8 Å². The molecule has 1 aliphatic heterocycles. The van der Waals surface area contributed by atoms with Crippen molar-refractivity contribution in [3.05, 3.63) is 29.6 Å². The van der Waals surface area contributed by atoms with Gasteiger partial charge in [-0.05, 0) is 38.1 Å². The van der Waals surface area contributed by atoms with Crippen LogP contribution in [-0.2, 0) is 7.05 Å². The molecular formula is C17H24ClN5O3. The number of piperidine rings is 1.